The van der Waals surface area contributed by atoms with E-state index in [1.807, 2.05) is 12.1 Å². The van der Waals surface area contributed by atoms with Gasteiger partial charge in [0.25, 0.3) is 0 Å². The zero-order valence-electron chi connectivity index (χ0n) is 16.4. The first-order valence-corrected chi connectivity index (χ1v) is 9.85. The van der Waals surface area contributed by atoms with Gasteiger partial charge in [-0.05, 0) is 30.3 Å². The normalized spacial score (nSPS) is 14.3. The van der Waals surface area contributed by atoms with E-state index < -0.39 is 0 Å². The standard InChI is InChI=1S/C23H23N5O/c1-27-16-20(19-7-2-3-8-22(19)27)21-9-10-24-23(26-21)25-17-5-4-6-18(15-17)28-11-13-29-14-12-28/h2-10,15-16H,11-14H2,1H3,(H,24,25,26). The lowest BCUT2D eigenvalue weighted by molar-refractivity contribution is 0.122. The minimum absolute atomic E-state index is 0.592. The van der Waals surface area contributed by atoms with E-state index in [1.165, 1.54) is 16.6 Å². The molecule has 1 saturated heterocycles. The Kier molecular flexibility index (Phi) is 4.62. The van der Waals surface area contributed by atoms with Gasteiger partial charge >= 0.3 is 0 Å². The van der Waals surface area contributed by atoms with E-state index in [0.717, 1.165) is 43.2 Å². The minimum Gasteiger partial charge on any atom is -0.378 e. The molecular formula is C23H23N5O. The van der Waals surface area contributed by atoms with E-state index in [2.05, 4.69) is 75.5 Å². The Morgan fingerprint density at radius 2 is 1.86 bits per heavy atom. The van der Waals surface area contributed by atoms with Gasteiger partial charge in [0.2, 0.25) is 5.95 Å². The molecule has 1 aliphatic rings. The van der Waals surface area contributed by atoms with Crippen molar-refractivity contribution < 1.29 is 4.74 Å². The summed E-state index contributed by atoms with van der Waals surface area (Å²) in [5.74, 6) is 0.592. The maximum absolute atomic E-state index is 5.46. The van der Waals surface area contributed by atoms with Crippen molar-refractivity contribution in [3.8, 4) is 11.3 Å². The highest BCUT2D eigenvalue weighted by Crippen LogP contribution is 2.29. The third-order valence-electron chi connectivity index (χ3n) is 5.31. The zero-order chi connectivity index (χ0) is 19.6. The molecule has 0 amide bonds. The average molecular weight is 385 g/mol. The van der Waals surface area contributed by atoms with Gasteiger partial charge in [-0.15, -0.1) is 0 Å². The number of morpholine rings is 1. The van der Waals surface area contributed by atoms with Crippen molar-refractivity contribution >= 4 is 28.2 Å². The predicted molar refractivity (Wildman–Crippen MR) is 117 cm³/mol. The number of anilines is 3. The van der Waals surface area contributed by atoms with Crippen LogP contribution < -0.4 is 10.2 Å². The van der Waals surface area contributed by atoms with Crippen LogP contribution in [0.4, 0.5) is 17.3 Å². The summed E-state index contributed by atoms with van der Waals surface area (Å²) in [7, 11) is 2.06. The van der Waals surface area contributed by atoms with Gasteiger partial charge in [-0.3, -0.25) is 0 Å². The Labute approximate surface area is 169 Å². The highest BCUT2D eigenvalue weighted by molar-refractivity contribution is 5.95. The molecule has 0 spiro atoms. The number of nitrogens with zero attached hydrogens (tertiary/aromatic N) is 4. The number of aromatic nitrogens is 3. The molecule has 0 unspecified atom stereocenters. The van der Waals surface area contributed by atoms with Crippen LogP contribution in [0.3, 0.4) is 0 Å². The molecule has 0 radical (unpaired) electrons. The molecule has 1 N–H and O–H groups in total. The van der Waals surface area contributed by atoms with Crippen LogP contribution in [-0.2, 0) is 11.8 Å². The van der Waals surface area contributed by atoms with Crippen molar-refractivity contribution in [2.24, 2.45) is 7.05 Å². The second kappa shape index (κ2) is 7.56. The van der Waals surface area contributed by atoms with Gasteiger partial charge in [-0.25, -0.2) is 9.97 Å². The van der Waals surface area contributed by atoms with Crippen molar-refractivity contribution in [3.63, 3.8) is 0 Å². The SMILES string of the molecule is Cn1cc(-c2ccnc(Nc3cccc(N4CCOCC4)c3)n2)c2ccccc21. The predicted octanol–water partition coefficient (Wildman–Crippen LogP) is 4.22. The summed E-state index contributed by atoms with van der Waals surface area (Å²) in [5, 5.41) is 4.55. The maximum atomic E-state index is 5.46. The van der Waals surface area contributed by atoms with Crippen molar-refractivity contribution in [2.45, 2.75) is 0 Å². The molecule has 29 heavy (non-hydrogen) atoms. The van der Waals surface area contributed by atoms with E-state index in [0.29, 0.717) is 5.95 Å². The fraction of sp³-hybridized carbons (Fsp3) is 0.217. The summed E-state index contributed by atoms with van der Waals surface area (Å²) in [5.41, 5.74) is 5.36. The van der Waals surface area contributed by atoms with Gasteiger partial charge in [-0.2, -0.15) is 0 Å². The first kappa shape index (κ1) is 17.7. The van der Waals surface area contributed by atoms with Crippen LogP contribution in [0, 0.1) is 0 Å². The fourth-order valence-corrected chi connectivity index (χ4v) is 3.85. The van der Waals surface area contributed by atoms with Gasteiger partial charge in [0, 0.05) is 60.4 Å². The molecule has 0 saturated carbocycles. The first-order valence-electron chi connectivity index (χ1n) is 9.85. The molecule has 0 bridgehead atoms. The fourth-order valence-electron chi connectivity index (χ4n) is 3.85. The lowest BCUT2D eigenvalue weighted by atomic mass is 10.1. The summed E-state index contributed by atoms with van der Waals surface area (Å²) in [6, 6.07) is 18.7. The zero-order valence-corrected chi connectivity index (χ0v) is 16.4. The molecule has 2 aromatic carbocycles. The largest absolute Gasteiger partial charge is 0.378 e. The molecule has 1 fully saturated rings. The van der Waals surface area contributed by atoms with Crippen LogP contribution >= 0.6 is 0 Å². The van der Waals surface area contributed by atoms with Crippen molar-refractivity contribution in [1.82, 2.24) is 14.5 Å². The number of ether oxygens (including phenoxy) is 1. The molecular weight excluding hydrogens is 362 g/mol. The smallest absolute Gasteiger partial charge is 0.227 e. The van der Waals surface area contributed by atoms with E-state index in [4.69, 9.17) is 9.72 Å². The summed E-state index contributed by atoms with van der Waals surface area (Å²) in [6.07, 6.45) is 3.92. The van der Waals surface area contributed by atoms with Gasteiger partial charge in [0.05, 0.1) is 18.9 Å². The van der Waals surface area contributed by atoms with Crippen LogP contribution in [0.2, 0.25) is 0 Å². The number of benzene rings is 2. The molecule has 1 aliphatic heterocycles. The molecule has 0 atom stereocenters. The molecule has 6 heteroatoms. The molecule has 5 rings (SSSR count). The number of hydrogen-bond donors (Lipinski definition) is 1. The molecule has 2 aromatic heterocycles. The van der Waals surface area contributed by atoms with E-state index in [-0.39, 0.29) is 0 Å². The summed E-state index contributed by atoms with van der Waals surface area (Å²) >= 11 is 0. The Bertz CT molecular complexity index is 1150. The van der Waals surface area contributed by atoms with Crippen LogP contribution in [0.1, 0.15) is 0 Å². The number of hydrogen-bond acceptors (Lipinski definition) is 5. The molecule has 0 aliphatic carbocycles. The quantitative estimate of drug-likeness (QED) is 0.570. The number of aryl methyl sites for hydroxylation is 1. The first-order chi connectivity index (χ1) is 14.3. The molecule has 4 aromatic rings. The Balaban J connectivity index is 1.43. The van der Waals surface area contributed by atoms with Crippen LogP contribution in [0.25, 0.3) is 22.2 Å². The summed E-state index contributed by atoms with van der Waals surface area (Å²) < 4.78 is 7.59. The highest BCUT2D eigenvalue weighted by Gasteiger charge is 2.13. The van der Waals surface area contributed by atoms with Crippen molar-refractivity contribution in [1.29, 1.82) is 0 Å². The van der Waals surface area contributed by atoms with Crippen molar-refractivity contribution in [3.05, 3.63) is 67.0 Å². The third kappa shape index (κ3) is 3.54. The minimum atomic E-state index is 0.592. The lowest BCUT2D eigenvalue weighted by Crippen LogP contribution is -2.36. The second-order valence-electron chi connectivity index (χ2n) is 7.21. The topological polar surface area (TPSA) is 55.2 Å². The van der Waals surface area contributed by atoms with Gasteiger partial charge < -0.3 is 19.5 Å². The Morgan fingerprint density at radius 3 is 2.76 bits per heavy atom. The molecule has 6 nitrogen and oxygen atoms in total. The highest BCUT2D eigenvalue weighted by atomic mass is 16.5. The van der Waals surface area contributed by atoms with Gasteiger partial charge in [-0.1, -0.05) is 24.3 Å². The van der Waals surface area contributed by atoms with Gasteiger partial charge in [0.15, 0.2) is 0 Å². The number of rotatable bonds is 4. The van der Waals surface area contributed by atoms with Crippen LogP contribution in [0.5, 0.6) is 0 Å². The van der Waals surface area contributed by atoms with Crippen LogP contribution in [0.15, 0.2) is 67.0 Å². The summed E-state index contributed by atoms with van der Waals surface area (Å²) in [6.45, 7) is 3.37. The Hall–Kier alpha value is -3.38. The molecule has 3 heterocycles. The van der Waals surface area contributed by atoms with Crippen LogP contribution in [-0.4, -0.2) is 40.8 Å². The average Bonchev–Trinajstić information content (AvgIpc) is 3.12. The van der Waals surface area contributed by atoms with Gasteiger partial charge in [0.1, 0.15) is 0 Å². The number of para-hydroxylation sites is 1. The Morgan fingerprint density at radius 1 is 1.00 bits per heavy atom. The summed E-state index contributed by atoms with van der Waals surface area (Å²) in [4.78, 5) is 11.5. The number of nitrogens with one attached hydrogen (secondary N) is 1. The van der Waals surface area contributed by atoms with E-state index in [9.17, 15) is 0 Å². The monoisotopic (exact) mass is 385 g/mol. The van der Waals surface area contributed by atoms with Crippen molar-refractivity contribution in [2.75, 3.05) is 36.5 Å². The third-order valence-corrected chi connectivity index (χ3v) is 5.31. The maximum Gasteiger partial charge on any atom is 0.227 e. The second-order valence-corrected chi connectivity index (χ2v) is 7.21. The van der Waals surface area contributed by atoms with E-state index in [1.54, 1.807) is 6.20 Å². The van der Waals surface area contributed by atoms with E-state index >= 15 is 0 Å². The molecule has 146 valence electrons. The lowest BCUT2D eigenvalue weighted by Gasteiger charge is -2.29. The number of fused-ring (bicyclic) bond motifs is 1.